The normalized spacial score (nSPS) is 15.4. The first-order valence-corrected chi connectivity index (χ1v) is 17.4. The van der Waals surface area contributed by atoms with E-state index < -0.39 is 0 Å². The van der Waals surface area contributed by atoms with Crippen molar-refractivity contribution in [1.29, 1.82) is 0 Å². The Labute approximate surface area is 290 Å². The van der Waals surface area contributed by atoms with Gasteiger partial charge in [-0.15, -0.1) is 0 Å². The van der Waals surface area contributed by atoms with Gasteiger partial charge in [0, 0.05) is 11.1 Å². The average Bonchev–Trinajstić information content (AvgIpc) is 3.43. The fourth-order valence-electron chi connectivity index (χ4n) is 6.87. The number of fused-ring (bicyclic) bond motifs is 4. The number of hydrogen-bond donors (Lipinski definition) is 0. The largest absolute Gasteiger partial charge is 0.496 e. The molecule has 8 rings (SSSR count). The number of thiazole rings is 1. The molecule has 0 radical (unpaired) electrons. The van der Waals surface area contributed by atoms with Gasteiger partial charge in [-0.05, 0) is 86.1 Å². The van der Waals surface area contributed by atoms with Crippen LogP contribution in [-0.4, -0.2) is 18.8 Å². The van der Waals surface area contributed by atoms with E-state index in [0.29, 0.717) is 27.4 Å². The van der Waals surface area contributed by atoms with E-state index in [1.807, 2.05) is 59.2 Å². The van der Waals surface area contributed by atoms with Crippen molar-refractivity contribution in [2.45, 2.75) is 25.5 Å². The third-order valence-electron chi connectivity index (χ3n) is 9.11. The molecule has 8 heteroatoms. The third-order valence-corrected chi connectivity index (χ3v) is 10.7. The zero-order valence-electron chi connectivity index (χ0n) is 26.4. The van der Waals surface area contributed by atoms with Crippen LogP contribution in [0.15, 0.2) is 123 Å². The minimum Gasteiger partial charge on any atom is -0.496 e. The minimum atomic E-state index is -0.325. The van der Waals surface area contributed by atoms with Gasteiger partial charge >= 0.3 is 0 Å². The van der Waals surface area contributed by atoms with Crippen molar-refractivity contribution in [3.63, 3.8) is 0 Å². The van der Waals surface area contributed by atoms with Crippen molar-refractivity contribution in [2.24, 2.45) is 4.99 Å². The van der Waals surface area contributed by atoms with Crippen molar-refractivity contribution in [3.05, 3.63) is 161 Å². The predicted octanol–water partition coefficient (Wildman–Crippen LogP) is 7.83. The Morgan fingerprint density at radius 3 is 2.54 bits per heavy atom. The van der Waals surface area contributed by atoms with Gasteiger partial charge in [0.25, 0.3) is 5.56 Å². The summed E-state index contributed by atoms with van der Waals surface area (Å²) in [6, 6.07) is 34.4. The number of rotatable bonds is 7. The maximum absolute atomic E-state index is 14.3. The molecular weight excluding hydrogens is 684 g/mol. The van der Waals surface area contributed by atoms with Crippen molar-refractivity contribution in [1.82, 2.24) is 4.57 Å². The molecule has 0 bridgehead atoms. The standard InChI is InChI=1S/C40H31BrN2O4S/c1-45-33-17-8-7-16-30(33)37-31-19-18-26-11-4-6-15-29(26)36(31)42-40-43(37)39(44)35(48-40)22-24-20-32(41)38(34(21-24)46-2)47-23-27-13-9-12-25-10-3-5-14-28(25)27/h3-17,20-22,37H,18-19,23H2,1-2H3. The van der Waals surface area contributed by atoms with Crippen molar-refractivity contribution in [2.75, 3.05) is 14.2 Å². The lowest BCUT2D eigenvalue weighted by atomic mass is 9.83. The molecule has 0 amide bonds. The Morgan fingerprint density at radius 1 is 0.896 bits per heavy atom. The first-order valence-electron chi connectivity index (χ1n) is 15.8. The van der Waals surface area contributed by atoms with Crippen LogP contribution >= 0.6 is 27.3 Å². The first kappa shape index (κ1) is 30.4. The average molecular weight is 716 g/mol. The molecule has 6 nitrogen and oxygen atoms in total. The molecule has 1 aromatic heterocycles. The van der Waals surface area contributed by atoms with Gasteiger partial charge in [0.05, 0.1) is 35.0 Å². The van der Waals surface area contributed by atoms with Crippen LogP contribution in [0.1, 0.15) is 40.3 Å². The molecule has 2 aliphatic rings. The summed E-state index contributed by atoms with van der Waals surface area (Å²) in [6.45, 7) is 0.380. The molecule has 238 valence electrons. The fraction of sp³-hybridized carbons (Fsp3) is 0.150. The highest BCUT2D eigenvalue weighted by Crippen LogP contribution is 2.43. The van der Waals surface area contributed by atoms with Gasteiger partial charge in [0.1, 0.15) is 12.4 Å². The summed E-state index contributed by atoms with van der Waals surface area (Å²) in [5.74, 6) is 1.92. The van der Waals surface area contributed by atoms with Crippen LogP contribution in [0.3, 0.4) is 0 Å². The van der Waals surface area contributed by atoms with Gasteiger partial charge in [-0.2, -0.15) is 0 Å². The van der Waals surface area contributed by atoms with Crippen molar-refractivity contribution < 1.29 is 14.2 Å². The van der Waals surface area contributed by atoms with Gasteiger partial charge in [-0.25, -0.2) is 4.99 Å². The van der Waals surface area contributed by atoms with E-state index in [4.69, 9.17) is 19.2 Å². The number of ether oxygens (including phenoxy) is 3. The highest BCUT2D eigenvalue weighted by atomic mass is 79.9. The van der Waals surface area contributed by atoms with Gasteiger partial charge in [0.15, 0.2) is 16.3 Å². The first-order chi connectivity index (χ1) is 23.5. The van der Waals surface area contributed by atoms with Gasteiger partial charge < -0.3 is 14.2 Å². The van der Waals surface area contributed by atoms with Crippen molar-refractivity contribution >= 4 is 49.8 Å². The number of hydrogen-bond acceptors (Lipinski definition) is 6. The van der Waals surface area contributed by atoms with Crippen LogP contribution < -0.4 is 29.1 Å². The maximum atomic E-state index is 14.3. The Hall–Kier alpha value is -4.92. The highest BCUT2D eigenvalue weighted by molar-refractivity contribution is 9.10. The van der Waals surface area contributed by atoms with E-state index in [0.717, 1.165) is 62.0 Å². The molecular formula is C40H31BrN2O4S. The van der Waals surface area contributed by atoms with E-state index in [1.165, 1.54) is 22.3 Å². The molecule has 5 aromatic carbocycles. The van der Waals surface area contributed by atoms with Crippen molar-refractivity contribution in [3.8, 4) is 17.2 Å². The number of methoxy groups -OCH3 is 2. The maximum Gasteiger partial charge on any atom is 0.271 e. The Bertz CT molecular complexity index is 2440. The minimum absolute atomic E-state index is 0.0913. The summed E-state index contributed by atoms with van der Waals surface area (Å²) in [6.07, 6.45) is 3.61. The van der Waals surface area contributed by atoms with Gasteiger partial charge in [0.2, 0.25) is 0 Å². The fourth-order valence-corrected chi connectivity index (χ4v) is 8.45. The molecule has 48 heavy (non-hydrogen) atoms. The monoisotopic (exact) mass is 714 g/mol. The highest BCUT2D eigenvalue weighted by Gasteiger charge is 2.34. The van der Waals surface area contributed by atoms with E-state index in [1.54, 1.807) is 14.2 Å². The number of benzene rings is 5. The Balaban J connectivity index is 1.22. The summed E-state index contributed by atoms with van der Waals surface area (Å²) < 4.78 is 21.1. The summed E-state index contributed by atoms with van der Waals surface area (Å²) in [5.41, 5.74) is 7.25. The quantitative estimate of drug-likeness (QED) is 0.169. The molecule has 0 saturated carbocycles. The van der Waals surface area contributed by atoms with E-state index in [9.17, 15) is 4.79 Å². The lowest BCUT2D eigenvalue weighted by Gasteiger charge is -2.31. The Morgan fingerprint density at radius 2 is 1.67 bits per heavy atom. The summed E-state index contributed by atoms with van der Waals surface area (Å²) in [5, 5.41) is 2.32. The molecule has 1 aliphatic carbocycles. The lowest BCUT2D eigenvalue weighted by molar-refractivity contribution is 0.283. The molecule has 1 unspecified atom stereocenters. The Kier molecular flexibility index (Phi) is 7.98. The molecule has 0 N–H and O–H groups in total. The lowest BCUT2D eigenvalue weighted by Crippen LogP contribution is -2.39. The zero-order chi connectivity index (χ0) is 32.8. The number of aryl methyl sites for hydroxylation is 1. The number of para-hydroxylation sites is 1. The van der Waals surface area contributed by atoms with Crippen LogP contribution in [0.25, 0.3) is 22.5 Å². The molecule has 0 spiro atoms. The molecule has 0 fully saturated rings. The van der Waals surface area contributed by atoms with Crippen LogP contribution in [0.4, 0.5) is 0 Å². The van der Waals surface area contributed by atoms with Gasteiger partial charge in [-0.3, -0.25) is 9.36 Å². The number of aromatic nitrogens is 1. The number of allylic oxidation sites excluding steroid dienone is 1. The van der Waals surface area contributed by atoms with Crippen LogP contribution in [0.5, 0.6) is 17.2 Å². The molecule has 1 atom stereocenters. The van der Waals surface area contributed by atoms with Crippen LogP contribution in [-0.2, 0) is 13.0 Å². The molecule has 6 aromatic rings. The van der Waals surface area contributed by atoms with Gasteiger partial charge in [-0.1, -0.05) is 96.3 Å². The summed E-state index contributed by atoms with van der Waals surface area (Å²) in [7, 11) is 3.30. The van der Waals surface area contributed by atoms with E-state index >= 15 is 0 Å². The van der Waals surface area contributed by atoms with E-state index in [2.05, 4.69) is 70.5 Å². The second-order valence-corrected chi connectivity index (χ2v) is 13.7. The topological polar surface area (TPSA) is 62.0 Å². The van der Waals surface area contributed by atoms with Crippen LogP contribution in [0, 0.1) is 0 Å². The molecule has 2 heterocycles. The smallest absolute Gasteiger partial charge is 0.271 e. The third kappa shape index (κ3) is 5.25. The summed E-state index contributed by atoms with van der Waals surface area (Å²) in [4.78, 5) is 20.2. The SMILES string of the molecule is COc1ccccc1C1C2=C(N=c3sc(=Cc4cc(Br)c(OCc5cccc6ccccc56)c(OC)c4)c(=O)n31)c1ccccc1CC2. The van der Waals surface area contributed by atoms with Crippen LogP contribution in [0.2, 0.25) is 0 Å². The molecule has 1 aliphatic heterocycles. The molecule has 0 saturated heterocycles. The second kappa shape index (κ2) is 12.6. The number of nitrogens with zero attached hydrogens (tertiary/aromatic N) is 2. The van der Waals surface area contributed by atoms with E-state index in [-0.39, 0.29) is 11.6 Å². The second-order valence-electron chi connectivity index (χ2n) is 11.8. The summed E-state index contributed by atoms with van der Waals surface area (Å²) >= 11 is 5.12. The zero-order valence-corrected chi connectivity index (χ0v) is 28.8. The predicted molar refractivity (Wildman–Crippen MR) is 195 cm³/mol. The number of halogens is 1.